The summed E-state index contributed by atoms with van der Waals surface area (Å²) in [5.74, 6) is -0.298. The molecule has 1 rings (SSSR count). The molecule has 0 fully saturated rings. The Kier molecular flexibility index (Phi) is 7.41. The average Bonchev–Trinajstić information content (AvgIpc) is 2.39. The number of hydrogen-bond donors (Lipinski definition) is 0. The van der Waals surface area contributed by atoms with E-state index in [2.05, 4.69) is 39.3 Å². The molecule has 1 aromatic rings. The van der Waals surface area contributed by atoms with E-state index in [-0.39, 0.29) is 5.97 Å². The van der Waals surface area contributed by atoms with Crippen LogP contribution in [0.15, 0.2) is 30.3 Å². The molecule has 1 aromatic carbocycles. The lowest BCUT2D eigenvalue weighted by molar-refractivity contribution is -0.148. The lowest BCUT2D eigenvalue weighted by Gasteiger charge is -2.36. The first-order valence-corrected chi connectivity index (χ1v) is 19.0. The van der Waals surface area contributed by atoms with Crippen molar-refractivity contribution in [1.29, 1.82) is 0 Å². The summed E-state index contributed by atoms with van der Waals surface area (Å²) in [7, 11) is -5.91. The minimum absolute atomic E-state index is 0.298. The zero-order chi connectivity index (χ0) is 19.5. The maximum atomic E-state index is 13.0. The van der Waals surface area contributed by atoms with E-state index in [4.69, 9.17) is 13.3 Å². The number of benzene rings is 1. The van der Waals surface area contributed by atoms with Crippen LogP contribution in [0.5, 0.6) is 0 Å². The molecule has 4 nitrogen and oxygen atoms in total. The lowest BCUT2D eigenvalue weighted by atomic mass is 10.1. The minimum atomic E-state index is -2.02. The third-order valence-corrected chi connectivity index (χ3v) is 5.74. The molecule has 0 bridgehead atoms. The van der Waals surface area contributed by atoms with Gasteiger partial charge in [0.2, 0.25) is 8.32 Å². The summed E-state index contributed by atoms with van der Waals surface area (Å²) in [5.41, 5.74) is 0.959. The predicted molar refractivity (Wildman–Crippen MR) is 111 cm³/mol. The molecule has 0 N–H and O–H groups in total. The van der Waals surface area contributed by atoms with E-state index >= 15 is 0 Å². The van der Waals surface area contributed by atoms with Crippen molar-refractivity contribution >= 4 is 30.9 Å². The Morgan fingerprint density at radius 1 is 0.760 bits per heavy atom. The molecule has 25 heavy (non-hydrogen) atoms. The minimum Gasteiger partial charge on any atom is -0.518 e. The Labute approximate surface area is 156 Å². The number of hydrogen-bond acceptors (Lipinski definition) is 4. The van der Waals surface area contributed by atoms with Crippen molar-refractivity contribution < 1.29 is 18.1 Å². The first kappa shape index (κ1) is 22.3. The summed E-state index contributed by atoms with van der Waals surface area (Å²) in [5, 5.41) is 0. The van der Waals surface area contributed by atoms with Crippen molar-refractivity contribution in [2.75, 3.05) is 0 Å². The fraction of sp³-hybridized carbons (Fsp3) is 0.611. The van der Waals surface area contributed by atoms with Gasteiger partial charge >= 0.3 is 5.97 Å². The summed E-state index contributed by atoms with van der Waals surface area (Å²) in [6, 6.07) is 9.88. The van der Waals surface area contributed by atoms with Gasteiger partial charge in [-0.2, -0.15) is 0 Å². The quantitative estimate of drug-likeness (QED) is 0.566. The maximum absolute atomic E-state index is 13.0. The van der Waals surface area contributed by atoms with E-state index in [1.54, 1.807) is 0 Å². The third-order valence-electron chi connectivity index (χ3n) is 3.00. The van der Waals surface area contributed by atoms with Crippen molar-refractivity contribution in [3.05, 3.63) is 35.9 Å². The Bertz CT molecular complexity index is 556. The largest absolute Gasteiger partial charge is 0.518 e. The van der Waals surface area contributed by atoms with Crippen molar-refractivity contribution in [2.45, 2.75) is 71.1 Å². The van der Waals surface area contributed by atoms with Gasteiger partial charge in [-0.25, -0.2) is 0 Å². The van der Waals surface area contributed by atoms with E-state index in [9.17, 15) is 4.79 Å². The van der Waals surface area contributed by atoms with Gasteiger partial charge in [-0.1, -0.05) is 30.3 Å². The van der Waals surface area contributed by atoms with E-state index in [0.29, 0.717) is 0 Å². The topological polar surface area (TPSA) is 44.8 Å². The molecule has 0 spiro atoms. The predicted octanol–water partition coefficient (Wildman–Crippen LogP) is 5.18. The van der Waals surface area contributed by atoms with Crippen molar-refractivity contribution in [3.63, 3.8) is 0 Å². The Hall–Kier alpha value is -0.739. The van der Waals surface area contributed by atoms with E-state index in [1.165, 1.54) is 0 Å². The van der Waals surface area contributed by atoms with Crippen LogP contribution >= 0.6 is 0 Å². The fourth-order valence-electron chi connectivity index (χ4n) is 2.30. The third kappa shape index (κ3) is 8.96. The summed E-state index contributed by atoms with van der Waals surface area (Å²) >= 11 is 0. The highest BCUT2D eigenvalue weighted by molar-refractivity contribution is 6.72. The zero-order valence-corrected chi connectivity index (χ0v) is 20.2. The molecule has 0 aliphatic rings. The molecule has 0 amide bonds. The van der Waals surface area contributed by atoms with Crippen molar-refractivity contribution in [2.24, 2.45) is 0 Å². The van der Waals surface area contributed by atoms with Crippen LogP contribution in [0.3, 0.4) is 0 Å². The molecule has 0 radical (unpaired) electrons. The highest BCUT2D eigenvalue weighted by Crippen LogP contribution is 2.30. The second kappa shape index (κ2) is 8.30. The summed E-state index contributed by atoms with van der Waals surface area (Å²) in [6.07, 6.45) is -1.17. The van der Waals surface area contributed by atoms with E-state index in [1.807, 2.05) is 50.0 Å². The zero-order valence-electron chi connectivity index (χ0n) is 17.2. The van der Waals surface area contributed by atoms with Crippen LogP contribution in [0.1, 0.15) is 11.7 Å². The standard InChI is InChI=1S/C18H34O4Si3/c1-23(2,3)20-16(15-13-11-10-12-14-15)17(21-24(4,5)6)18(19)22-25(7,8)9/h10-14,16-17H,1-9H3/t16-,17+/m0/s1. The molecule has 0 heterocycles. The molecule has 0 saturated carbocycles. The van der Waals surface area contributed by atoms with Gasteiger partial charge in [-0.15, -0.1) is 0 Å². The van der Waals surface area contributed by atoms with Crippen LogP contribution in [0.25, 0.3) is 0 Å². The average molecular weight is 399 g/mol. The Balaban J connectivity index is 3.29. The van der Waals surface area contributed by atoms with E-state index in [0.717, 1.165) is 5.56 Å². The SMILES string of the molecule is C[Si](C)(C)OC(=O)[C@H](O[Si](C)(C)C)[C@@H](O[Si](C)(C)C)c1ccccc1. The Morgan fingerprint density at radius 3 is 1.64 bits per heavy atom. The normalized spacial score (nSPS) is 15.6. The van der Waals surface area contributed by atoms with Gasteiger partial charge in [-0.05, 0) is 64.5 Å². The second-order valence-corrected chi connectivity index (χ2v) is 22.6. The molecule has 7 heteroatoms. The first-order chi connectivity index (χ1) is 11.2. The molecular formula is C18H34O4Si3. The van der Waals surface area contributed by atoms with Gasteiger partial charge in [-0.3, -0.25) is 4.79 Å². The molecule has 0 aliphatic heterocycles. The van der Waals surface area contributed by atoms with Gasteiger partial charge in [0.1, 0.15) is 6.10 Å². The lowest BCUT2D eigenvalue weighted by Crippen LogP contribution is -2.47. The molecule has 0 unspecified atom stereocenters. The summed E-state index contributed by atoms with van der Waals surface area (Å²) in [6.45, 7) is 18.6. The molecule has 0 saturated heterocycles. The van der Waals surface area contributed by atoms with Gasteiger partial charge < -0.3 is 13.3 Å². The van der Waals surface area contributed by atoms with Crippen molar-refractivity contribution in [3.8, 4) is 0 Å². The van der Waals surface area contributed by atoms with Gasteiger partial charge in [0.15, 0.2) is 22.7 Å². The van der Waals surface area contributed by atoms with Crippen LogP contribution in [0.2, 0.25) is 58.9 Å². The second-order valence-electron chi connectivity index (χ2n) is 9.25. The van der Waals surface area contributed by atoms with Crippen LogP contribution in [0, 0.1) is 0 Å². The monoisotopic (exact) mass is 398 g/mol. The first-order valence-electron chi connectivity index (χ1n) is 8.81. The van der Waals surface area contributed by atoms with Crippen LogP contribution in [0.4, 0.5) is 0 Å². The molecule has 142 valence electrons. The molecule has 2 atom stereocenters. The highest BCUT2D eigenvalue weighted by Gasteiger charge is 2.40. The van der Waals surface area contributed by atoms with E-state index < -0.39 is 37.2 Å². The fourth-order valence-corrected chi connectivity index (χ4v) is 5.03. The number of carbonyl (C=O) groups is 1. The number of carbonyl (C=O) groups excluding carboxylic acids is 1. The number of rotatable bonds is 8. The molecular weight excluding hydrogens is 364 g/mol. The summed E-state index contributed by atoms with van der Waals surface area (Å²) < 4.78 is 18.5. The maximum Gasteiger partial charge on any atom is 0.323 e. The van der Waals surface area contributed by atoms with Gasteiger partial charge in [0, 0.05) is 0 Å². The Morgan fingerprint density at radius 2 is 1.24 bits per heavy atom. The van der Waals surface area contributed by atoms with Gasteiger partial charge in [0.25, 0.3) is 0 Å². The summed E-state index contributed by atoms with van der Waals surface area (Å²) in [4.78, 5) is 13.0. The molecule has 0 aliphatic carbocycles. The molecule has 0 aromatic heterocycles. The smallest absolute Gasteiger partial charge is 0.323 e. The van der Waals surface area contributed by atoms with Crippen LogP contribution in [-0.2, 0) is 18.1 Å². The highest BCUT2D eigenvalue weighted by atomic mass is 28.4. The van der Waals surface area contributed by atoms with Crippen LogP contribution in [-0.4, -0.2) is 37.0 Å². The van der Waals surface area contributed by atoms with Crippen LogP contribution < -0.4 is 0 Å². The van der Waals surface area contributed by atoms with Crippen molar-refractivity contribution in [1.82, 2.24) is 0 Å². The van der Waals surface area contributed by atoms with Gasteiger partial charge in [0.05, 0.1) is 0 Å².